The highest BCUT2D eigenvalue weighted by molar-refractivity contribution is 8.15. The fourth-order valence-electron chi connectivity index (χ4n) is 4.99. The lowest BCUT2D eigenvalue weighted by atomic mass is 9.84. The van der Waals surface area contributed by atoms with Crippen molar-refractivity contribution in [1.29, 1.82) is 0 Å². The van der Waals surface area contributed by atoms with Crippen molar-refractivity contribution in [2.45, 2.75) is 24.1 Å². The molecule has 2 aromatic heterocycles. The van der Waals surface area contributed by atoms with E-state index in [0.29, 0.717) is 22.6 Å². The van der Waals surface area contributed by atoms with E-state index in [4.69, 9.17) is 10.5 Å². The van der Waals surface area contributed by atoms with Crippen LogP contribution in [0.2, 0.25) is 0 Å². The summed E-state index contributed by atoms with van der Waals surface area (Å²) in [7, 11) is 1.52. The van der Waals surface area contributed by atoms with Gasteiger partial charge in [-0.3, -0.25) is 4.99 Å². The highest BCUT2D eigenvalue weighted by Crippen LogP contribution is 2.69. The molecule has 1 fully saturated rings. The standard InChI is InChI=1S/C22H21F3N6OS/c1-10-18-21(2,31-20(26)33-22(10,18)8-23)13-4-11(5-14(24)16(13)25)30-19-17-15(28-9-29-19)6-12(32-3)7-27-17/h4-7,9-10,18H,8H2,1-3H3,(H2,26,31)(H,28,29,30)/t10-,18-,21+,22-/m0/s1. The number of halogens is 3. The van der Waals surface area contributed by atoms with Crippen LogP contribution in [0.25, 0.3) is 11.0 Å². The zero-order valence-electron chi connectivity index (χ0n) is 18.1. The molecule has 3 aromatic rings. The lowest BCUT2D eigenvalue weighted by Gasteiger charge is -2.33. The molecule has 33 heavy (non-hydrogen) atoms. The number of aliphatic imine (C=N–C) groups is 1. The number of thioether (sulfide) groups is 1. The van der Waals surface area contributed by atoms with Gasteiger partial charge in [0.1, 0.15) is 24.3 Å². The van der Waals surface area contributed by atoms with Crippen molar-refractivity contribution < 1.29 is 17.9 Å². The smallest absolute Gasteiger partial charge is 0.164 e. The Kier molecular flexibility index (Phi) is 4.93. The number of nitrogens with zero attached hydrogens (tertiary/aromatic N) is 4. The number of pyridine rings is 1. The number of ether oxygens (including phenoxy) is 1. The Morgan fingerprint density at radius 1 is 1.21 bits per heavy atom. The van der Waals surface area contributed by atoms with Gasteiger partial charge in [-0.25, -0.2) is 28.1 Å². The van der Waals surface area contributed by atoms with Crippen molar-refractivity contribution in [3.63, 3.8) is 0 Å². The van der Waals surface area contributed by atoms with E-state index in [1.54, 1.807) is 13.0 Å². The number of alkyl halides is 1. The number of methoxy groups -OCH3 is 1. The predicted molar refractivity (Wildman–Crippen MR) is 121 cm³/mol. The van der Waals surface area contributed by atoms with Crippen molar-refractivity contribution in [1.82, 2.24) is 15.0 Å². The summed E-state index contributed by atoms with van der Waals surface area (Å²) in [5.74, 6) is -1.69. The van der Waals surface area contributed by atoms with E-state index >= 15 is 4.39 Å². The average Bonchev–Trinajstić information content (AvgIpc) is 3.40. The summed E-state index contributed by atoms with van der Waals surface area (Å²) in [6, 6.07) is 4.19. The summed E-state index contributed by atoms with van der Waals surface area (Å²) in [6.45, 7) is 2.93. The minimum absolute atomic E-state index is 0.00779. The Labute approximate surface area is 192 Å². The van der Waals surface area contributed by atoms with Gasteiger partial charge in [0.15, 0.2) is 22.6 Å². The van der Waals surface area contributed by atoms with E-state index in [-0.39, 0.29) is 28.3 Å². The Morgan fingerprint density at radius 3 is 2.73 bits per heavy atom. The van der Waals surface area contributed by atoms with Crippen LogP contribution in [-0.4, -0.2) is 38.7 Å². The van der Waals surface area contributed by atoms with Crippen molar-refractivity contribution in [3.05, 3.63) is 47.9 Å². The molecular weight excluding hydrogens is 453 g/mol. The van der Waals surface area contributed by atoms with E-state index in [1.165, 1.54) is 37.5 Å². The molecule has 4 atom stereocenters. The van der Waals surface area contributed by atoms with E-state index in [1.807, 2.05) is 6.92 Å². The van der Waals surface area contributed by atoms with Crippen molar-refractivity contribution >= 4 is 39.5 Å². The van der Waals surface area contributed by atoms with Crippen LogP contribution >= 0.6 is 11.8 Å². The van der Waals surface area contributed by atoms with E-state index in [2.05, 4.69) is 25.3 Å². The number of amidine groups is 1. The molecule has 0 bridgehead atoms. The highest BCUT2D eigenvalue weighted by Gasteiger charge is 2.72. The van der Waals surface area contributed by atoms with Crippen LogP contribution in [0.5, 0.6) is 5.75 Å². The Bertz CT molecular complexity index is 1310. The minimum Gasteiger partial charge on any atom is -0.495 e. The largest absolute Gasteiger partial charge is 0.495 e. The fourth-order valence-corrected chi connectivity index (χ4v) is 6.48. The monoisotopic (exact) mass is 474 g/mol. The van der Waals surface area contributed by atoms with Crippen LogP contribution in [0.1, 0.15) is 19.4 Å². The molecule has 3 N–H and O–H groups in total. The third-order valence-corrected chi connectivity index (χ3v) is 8.08. The molecule has 7 nitrogen and oxygen atoms in total. The molecule has 0 amide bonds. The fraction of sp³-hybridized carbons (Fsp3) is 0.364. The van der Waals surface area contributed by atoms with Crippen LogP contribution < -0.4 is 15.8 Å². The summed E-state index contributed by atoms with van der Waals surface area (Å²) in [5.41, 5.74) is 5.98. The van der Waals surface area contributed by atoms with Gasteiger partial charge in [0.05, 0.1) is 29.1 Å². The van der Waals surface area contributed by atoms with Crippen LogP contribution in [0.3, 0.4) is 0 Å². The van der Waals surface area contributed by atoms with Gasteiger partial charge in [-0.2, -0.15) is 0 Å². The van der Waals surface area contributed by atoms with Gasteiger partial charge in [-0.05, 0) is 18.9 Å². The highest BCUT2D eigenvalue weighted by atomic mass is 32.2. The number of benzene rings is 1. The average molecular weight is 475 g/mol. The van der Waals surface area contributed by atoms with Crippen LogP contribution in [0.4, 0.5) is 24.7 Å². The van der Waals surface area contributed by atoms with Gasteiger partial charge in [-0.15, -0.1) is 0 Å². The van der Waals surface area contributed by atoms with Gasteiger partial charge in [0, 0.05) is 29.3 Å². The topological polar surface area (TPSA) is 98.3 Å². The number of anilines is 2. The maximum absolute atomic E-state index is 15.1. The number of nitrogens with one attached hydrogen (secondary N) is 1. The molecule has 0 radical (unpaired) electrons. The first-order chi connectivity index (χ1) is 15.7. The van der Waals surface area contributed by atoms with Crippen LogP contribution in [-0.2, 0) is 5.54 Å². The third kappa shape index (κ3) is 3.20. The second-order valence-corrected chi connectivity index (χ2v) is 9.85. The molecule has 5 rings (SSSR count). The number of aromatic nitrogens is 3. The molecule has 1 aliphatic carbocycles. The second-order valence-electron chi connectivity index (χ2n) is 8.46. The SMILES string of the molecule is COc1cnc2c(Nc3cc(F)c(F)c([C@@]4(C)N=C(N)S[C@]5(CF)[C@H]4[C@@H]5C)c3)ncnc2c1. The van der Waals surface area contributed by atoms with Crippen LogP contribution in [0, 0.1) is 23.5 Å². The third-order valence-electron chi connectivity index (χ3n) is 6.66. The maximum Gasteiger partial charge on any atom is 0.164 e. The normalized spacial score (nSPS) is 28.2. The molecule has 11 heteroatoms. The molecule has 0 saturated heterocycles. The van der Waals surface area contributed by atoms with Crippen molar-refractivity contribution in [3.8, 4) is 5.75 Å². The Morgan fingerprint density at radius 2 is 2.00 bits per heavy atom. The molecule has 0 unspecified atom stereocenters. The molecule has 0 spiro atoms. The minimum atomic E-state index is -1.22. The summed E-state index contributed by atoms with van der Waals surface area (Å²) in [4.78, 5) is 17.2. The maximum atomic E-state index is 15.1. The Balaban J connectivity index is 1.59. The number of hydrogen-bond donors (Lipinski definition) is 2. The zero-order valence-corrected chi connectivity index (χ0v) is 18.9. The summed E-state index contributed by atoms with van der Waals surface area (Å²) in [5, 5.41) is 3.16. The molecule has 1 aliphatic heterocycles. The first kappa shape index (κ1) is 21.7. The van der Waals surface area contributed by atoms with E-state index in [9.17, 15) is 8.78 Å². The zero-order chi connectivity index (χ0) is 23.5. The summed E-state index contributed by atoms with van der Waals surface area (Å²) < 4.78 is 48.2. The number of rotatable bonds is 5. The van der Waals surface area contributed by atoms with Gasteiger partial charge >= 0.3 is 0 Å². The first-order valence-electron chi connectivity index (χ1n) is 10.2. The van der Waals surface area contributed by atoms with Crippen LogP contribution in [0.15, 0.2) is 35.7 Å². The first-order valence-corrected chi connectivity index (χ1v) is 11.1. The Hall–Kier alpha value is -3.08. The van der Waals surface area contributed by atoms with Gasteiger partial charge in [0.2, 0.25) is 0 Å². The predicted octanol–water partition coefficient (Wildman–Crippen LogP) is 4.31. The quantitative estimate of drug-likeness (QED) is 0.569. The molecule has 1 saturated carbocycles. The lowest BCUT2D eigenvalue weighted by molar-refractivity contribution is 0.353. The van der Waals surface area contributed by atoms with E-state index in [0.717, 1.165) is 6.07 Å². The lowest BCUT2D eigenvalue weighted by Crippen LogP contribution is -2.37. The second kappa shape index (κ2) is 7.47. The molecule has 3 heterocycles. The number of fused-ring (bicyclic) bond motifs is 2. The molecule has 1 aromatic carbocycles. The molecule has 172 valence electrons. The van der Waals surface area contributed by atoms with Gasteiger partial charge in [-0.1, -0.05) is 18.7 Å². The summed E-state index contributed by atoms with van der Waals surface area (Å²) >= 11 is 1.17. The van der Waals surface area contributed by atoms with E-state index < -0.39 is 28.6 Å². The number of nitrogens with two attached hydrogens (primary N) is 1. The van der Waals surface area contributed by atoms with Gasteiger partial charge < -0.3 is 15.8 Å². The van der Waals surface area contributed by atoms with Crippen molar-refractivity contribution in [2.24, 2.45) is 22.6 Å². The summed E-state index contributed by atoms with van der Waals surface area (Å²) in [6.07, 6.45) is 2.84. The van der Waals surface area contributed by atoms with Gasteiger partial charge in [0.25, 0.3) is 0 Å². The molecular formula is C22H21F3N6OS. The van der Waals surface area contributed by atoms with Crippen molar-refractivity contribution in [2.75, 3.05) is 19.1 Å². The number of hydrogen-bond acceptors (Lipinski definition) is 8. The molecule has 2 aliphatic rings.